The maximum Gasteiger partial charge on any atom is 0.253 e. The Morgan fingerprint density at radius 1 is 1.18 bits per heavy atom. The van der Waals surface area contributed by atoms with E-state index in [1.807, 2.05) is 30.3 Å². The van der Waals surface area contributed by atoms with Gasteiger partial charge in [-0.2, -0.15) is 0 Å². The van der Waals surface area contributed by atoms with Crippen molar-refractivity contribution in [2.24, 2.45) is 5.14 Å². The Labute approximate surface area is 133 Å². The van der Waals surface area contributed by atoms with Crippen molar-refractivity contribution in [3.63, 3.8) is 0 Å². The van der Waals surface area contributed by atoms with Gasteiger partial charge in [0.15, 0.2) is 0 Å². The Balaban J connectivity index is 2.26. The van der Waals surface area contributed by atoms with E-state index in [9.17, 15) is 13.2 Å². The number of sulfonamides is 1. The Hall–Kier alpha value is -2.09. The molecule has 1 amide bonds. The molecule has 0 unspecified atom stereocenters. The zero-order valence-electron chi connectivity index (χ0n) is 11.4. The van der Waals surface area contributed by atoms with Crippen LogP contribution >= 0.6 is 11.6 Å². The van der Waals surface area contributed by atoms with Crippen LogP contribution in [0.3, 0.4) is 0 Å². The number of halogens is 1. The van der Waals surface area contributed by atoms with Crippen LogP contribution in [0.2, 0.25) is 5.02 Å². The third-order valence-corrected chi connectivity index (χ3v) is 4.33. The maximum absolute atomic E-state index is 12.2. The first-order chi connectivity index (χ1) is 10.3. The molecule has 0 radical (unpaired) electrons. The summed E-state index contributed by atoms with van der Waals surface area (Å²) in [5.41, 5.74) is 6.70. The summed E-state index contributed by atoms with van der Waals surface area (Å²) in [5.74, 6) is -0.511. The third kappa shape index (κ3) is 3.76. The molecule has 0 atom stereocenters. The number of nitrogens with two attached hydrogens (primary N) is 2. The lowest BCUT2D eigenvalue weighted by atomic mass is 10.1. The normalized spacial score (nSPS) is 11.2. The molecule has 0 bridgehead atoms. The van der Waals surface area contributed by atoms with Crippen molar-refractivity contribution in [3.05, 3.63) is 58.6 Å². The molecule has 2 aromatic rings. The highest BCUT2D eigenvalue weighted by Crippen LogP contribution is 2.26. The lowest BCUT2D eigenvalue weighted by Crippen LogP contribution is -2.24. The number of rotatable bonds is 4. The lowest BCUT2D eigenvalue weighted by Gasteiger charge is -2.10. The number of hydrogen-bond donors (Lipinski definition) is 3. The molecule has 8 heteroatoms. The Kier molecular flexibility index (Phi) is 4.70. The first-order valence-corrected chi connectivity index (χ1v) is 8.15. The van der Waals surface area contributed by atoms with Crippen molar-refractivity contribution in [3.8, 4) is 0 Å². The van der Waals surface area contributed by atoms with Crippen LogP contribution in [-0.4, -0.2) is 14.3 Å². The van der Waals surface area contributed by atoms with Gasteiger partial charge in [0.1, 0.15) is 4.90 Å². The summed E-state index contributed by atoms with van der Waals surface area (Å²) in [4.78, 5) is 11.8. The number of hydrogen-bond acceptors (Lipinski definition) is 4. The maximum atomic E-state index is 12.2. The van der Waals surface area contributed by atoms with E-state index >= 15 is 0 Å². The molecule has 0 spiro atoms. The smallest absolute Gasteiger partial charge is 0.253 e. The molecule has 5 N–H and O–H groups in total. The monoisotopic (exact) mass is 339 g/mol. The van der Waals surface area contributed by atoms with Gasteiger partial charge in [-0.05, 0) is 17.7 Å². The average Bonchev–Trinajstić information content (AvgIpc) is 2.44. The van der Waals surface area contributed by atoms with Crippen LogP contribution in [0.4, 0.5) is 5.69 Å². The molecule has 116 valence electrons. The second-order valence-corrected chi connectivity index (χ2v) is 6.52. The molecule has 0 aromatic heterocycles. The van der Waals surface area contributed by atoms with Gasteiger partial charge >= 0.3 is 0 Å². The number of nitrogens with one attached hydrogen (secondary N) is 1. The Morgan fingerprint density at radius 2 is 1.82 bits per heavy atom. The van der Waals surface area contributed by atoms with E-state index in [-0.39, 0.29) is 27.7 Å². The summed E-state index contributed by atoms with van der Waals surface area (Å²) >= 11 is 5.79. The van der Waals surface area contributed by atoms with Gasteiger partial charge in [0.05, 0.1) is 10.6 Å². The molecule has 0 saturated heterocycles. The van der Waals surface area contributed by atoms with Crippen molar-refractivity contribution in [2.75, 3.05) is 5.73 Å². The van der Waals surface area contributed by atoms with E-state index in [1.54, 1.807) is 0 Å². The number of primary sulfonamides is 1. The van der Waals surface area contributed by atoms with Crippen LogP contribution in [0.25, 0.3) is 0 Å². The largest absolute Gasteiger partial charge is 0.398 e. The second kappa shape index (κ2) is 6.35. The fourth-order valence-corrected chi connectivity index (χ4v) is 2.96. The van der Waals surface area contributed by atoms with Crippen LogP contribution in [-0.2, 0) is 16.6 Å². The Bertz CT molecular complexity index is 808. The van der Waals surface area contributed by atoms with E-state index in [0.717, 1.165) is 11.6 Å². The van der Waals surface area contributed by atoms with E-state index in [2.05, 4.69) is 5.32 Å². The first kappa shape index (κ1) is 16.3. The topological polar surface area (TPSA) is 115 Å². The summed E-state index contributed by atoms with van der Waals surface area (Å²) in [5, 5.41) is 7.59. The molecule has 0 saturated carbocycles. The predicted octanol–water partition coefficient (Wildman–Crippen LogP) is 1.50. The fourth-order valence-electron chi connectivity index (χ4n) is 1.86. The van der Waals surface area contributed by atoms with Gasteiger partial charge in [0.25, 0.3) is 5.91 Å². The SMILES string of the molecule is Nc1cc(Cl)c(S(N)(=O)=O)cc1C(=O)NCc1ccccc1. The molecule has 0 aliphatic carbocycles. The number of carbonyl (C=O) groups is 1. The van der Waals surface area contributed by atoms with Crippen LogP contribution < -0.4 is 16.2 Å². The van der Waals surface area contributed by atoms with Gasteiger partial charge in [-0.15, -0.1) is 0 Å². The molecule has 0 fully saturated rings. The summed E-state index contributed by atoms with van der Waals surface area (Å²) < 4.78 is 22.9. The molecule has 0 aliphatic heterocycles. The first-order valence-electron chi connectivity index (χ1n) is 6.23. The number of anilines is 1. The predicted molar refractivity (Wildman–Crippen MR) is 84.8 cm³/mol. The third-order valence-electron chi connectivity index (χ3n) is 2.95. The molecule has 2 aromatic carbocycles. The molecule has 0 aliphatic rings. The number of benzene rings is 2. The molecular formula is C14H14ClN3O3S. The summed E-state index contributed by atoms with van der Waals surface area (Å²) in [6.07, 6.45) is 0. The van der Waals surface area contributed by atoms with E-state index in [0.29, 0.717) is 0 Å². The average molecular weight is 340 g/mol. The molecule has 2 rings (SSSR count). The highest BCUT2D eigenvalue weighted by molar-refractivity contribution is 7.89. The zero-order chi connectivity index (χ0) is 16.3. The second-order valence-electron chi connectivity index (χ2n) is 4.58. The van der Waals surface area contributed by atoms with E-state index < -0.39 is 15.9 Å². The fraction of sp³-hybridized carbons (Fsp3) is 0.0714. The minimum Gasteiger partial charge on any atom is -0.398 e. The van der Waals surface area contributed by atoms with Crippen LogP contribution in [0.5, 0.6) is 0 Å². The van der Waals surface area contributed by atoms with E-state index in [4.69, 9.17) is 22.5 Å². The van der Waals surface area contributed by atoms with Crippen molar-refractivity contribution in [2.45, 2.75) is 11.4 Å². The van der Waals surface area contributed by atoms with Crippen molar-refractivity contribution >= 4 is 33.2 Å². The molecule has 22 heavy (non-hydrogen) atoms. The van der Waals surface area contributed by atoms with Gasteiger partial charge < -0.3 is 11.1 Å². The molecule has 6 nitrogen and oxygen atoms in total. The lowest BCUT2D eigenvalue weighted by molar-refractivity contribution is 0.0951. The van der Waals surface area contributed by atoms with Gasteiger partial charge in [-0.25, -0.2) is 13.6 Å². The van der Waals surface area contributed by atoms with Crippen molar-refractivity contribution in [1.29, 1.82) is 0 Å². The number of amides is 1. The standard InChI is InChI=1S/C14H14ClN3O3S/c15-11-7-12(16)10(6-13(11)22(17,20)21)14(19)18-8-9-4-2-1-3-5-9/h1-7H,8,16H2,(H,18,19)(H2,17,20,21). The van der Waals surface area contributed by atoms with E-state index in [1.165, 1.54) is 6.07 Å². The van der Waals surface area contributed by atoms with Crippen LogP contribution in [0.15, 0.2) is 47.4 Å². The zero-order valence-corrected chi connectivity index (χ0v) is 13.0. The highest BCUT2D eigenvalue weighted by atomic mass is 35.5. The minimum absolute atomic E-state index is 0.00403. The molecular weight excluding hydrogens is 326 g/mol. The molecule has 0 heterocycles. The van der Waals surface area contributed by atoms with Crippen LogP contribution in [0, 0.1) is 0 Å². The van der Waals surface area contributed by atoms with Crippen LogP contribution in [0.1, 0.15) is 15.9 Å². The van der Waals surface area contributed by atoms with Gasteiger partial charge in [-0.1, -0.05) is 41.9 Å². The summed E-state index contributed by atoms with van der Waals surface area (Å²) in [7, 11) is -4.04. The number of carbonyl (C=O) groups excluding carboxylic acids is 1. The van der Waals surface area contributed by atoms with Gasteiger partial charge in [-0.3, -0.25) is 4.79 Å². The van der Waals surface area contributed by atoms with Crippen molar-refractivity contribution in [1.82, 2.24) is 5.32 Å². The van der Waals surface area contributed by atoms with Crippen molar-refractivity contribution < 1.29 is 13.2 Å². The summed E-state index contributed by atoms with van der Waals surface area (Å²) in [6.45, 7) is 0.284. The quantitative estimate of drug-likeness (QED) is 0.732. The van der Waals surface area contributed by atoms with Gasteiger partial charge in [0.2, 0.25) is 10.0 Å². The highest BCUT2D eigenvalue weighted by Gasteiger charge is 2.19. The number of nitrogen functional groups attached to an aromatic ring is 1. The Morgan fingerprint density at radius 3 is 2.41 bits per heavy atom. The minimum atomic E-state index is -4.04. The van der Waals surface area contributed by atoms with Gasteiger partial charge in [0, 0.05) is 12.2 Å². The summed E-state index contributed by atoms with van der Waals surface area (Å²) in [6, 6.07) is 11.5.